The summed E-state index contributed by atoms with van der Waals surface area (Å²) in [4.78, 5) is 18.8. The number of hydrogen-bond donors (Lipinski definition) is 3. The van der Waals surface area contributed by atoms with E-state index in [0.717, 1.165) is 61.0 Å². The lowest BCUT2D eigenvalue weighted by Gasteiger charge is -2.50. The molecule has 5 atom stereocenters. The zero-order chi connectivity index (χ0) is 38.8. The Morgan fingerprint density at radius 1 is 0.963 bits per heavy atom. The van der Waals surface area contributed by atoms with Gasteiger partial charge < -0.3 is 15.6 Å². The third-order valence-electron chi connectivity index (χ3n) is 11.3. The maximum absolute atomic E-state index is 12.1. The number of ether oxygens (including phenoxy) is 1. The Labute approximate surface area is 325 Å². The molecular weight excluding hydrogens is 697 g/mol. The number of carbonyl (C=O) groups excluding carboxylic acids is 1. The molecule has 54 heavy (non-hydrogen) atoms. The van der Waals surface area contributed by atoms with Gasteiger partial charge in [-0.15, -0.1) is 6.58 Å². The first-order valence-corrected chi connectivity index (χ1v) is 22.0. The Morgan fingerprint density at radius 3 is 2.13 bits per heavy atom. The van der Waals surface area contributed by atoms with Crippen LogP contribution in [0.3, 0.4) is 0 Å². The zero-order valence-corrected chi connectivity index (χ0v) is 33.7. The Bertz CT molecular complexity index is 1680. The molecule has 9 nitrogen and oxygen atoms in total. The average molecular weight is 763 g/mol. The molecule has 0 saturated carbocycles. The number of fused-ring (bicyclic) bond motifs is 4. The van der Waals surface area contributed by atoms with Gasteiger partial charge in [0, 0.05) is 36.3 Å². The van der Waals surface area contributed by atoms with Gasteiger partial charge in [0.15, 0.2) is 0 Å². The molecule has 0 unspecified atom stereocenters. The minimum absolute atomic E-state index is 0.0570. The summed E-state index contributed by atoms with van der Waals surface area (Å²) in [7, 11) is -2.14. The van der Waals surface area contributed by atoms with E-state index in [-0.39, 0.29) is 17.4 Å². The van der Waals surface area contributed by atoms with Crippen LogP contribution >= 0.6 is 0 Å². The van der Waals surface area contributed by atoms with E-state index in [2.05, 4.69) is 34.2 Å². The van der Waals surface area contributed by atoms with E-state index < -0.39 is 22.0 Å². The van der Waals surface area contributed by atoms with Crippen molar-refractivity contribution in [1.29, 1.82) is 0 Å². The van der Waals surface area contributed by atoms with Crippen molar-refractivity contribution in [1.82, 2.24) is 14.6 Å². The molecule has 1 amide bonds. The third-order valence-corrected chi connectivity index (χ3v) is 12.7. The third kappa shape index (κ3) is 13.4. The molecule has 3 aliphatic heterocycles. The highest BCUT2D eigenvalue weighted by atomic mass is 32.2. The second-order valence-electron chi connectivity index (χ2n) is 15.3. The van der Waals surface area contributed by atoms with Gasteiger partial charge in [-0.3, -0.25) is 14.7 Å². The molecule has 2 bridgehead atoms. The number of aromatic nitrogens is 1. The number of nitrogen functional groups attached to an aromatic ring is 1. The molecule has 4 heterocycles. The number of nitrogens with one attached hydrogen (secondary N) is 1. The average Bonchev–Trinajstić information content (AvgIpc) is 3.19. The minimum atomic E-state index is -3.80. The fourth-order valence-corrected chi connectivity index (χ4v) is 9.02. The van der Waals surface area contributed by atoms with Crippen LogP contribution in [0, 0.1) is 11.8 Å². The number of aliphatic hydroxyl groups is 1. The Balaban J connectivity index is 0.000000245. The number of aliphatic hydroxyl groups excluding tert-OH is 1. The Kier molecular flexibility index (Phi) is 18.3. The van der Waals surface area contributed by atoms with Crippen LogP contribution in [0.2, 0.25) is 0 Å². The molecule has 3 aromatic rings. The van der Waals surface area contributed by atoms with E-state index in [0.29, 0.717) is 17.5 Å². The van der Waals surface area contributed by atoms with Crippen molar-refractivity contribution in [3.8, 4) is 5.75 Å². The monoisotopic (exact) mass is 762 g/mol. The van der Waals surface area contributed by atoms with Crippen molar-refractivity contribution in [3.63, 3.8) is 0 Å². The van der Waals surface area contributed by atoms with E-state index in [1.807, 2.05) is 24.3 Å². The van der Waals surface area contributed by atoms with Crippen molar-refractivity contribution >= 4 is 32.5 Å². The van der Waals surface area contributed by atoms with Crippen LogP contribution < -0.4 is 15.2 Å². The van der Waals surface area contributed by atoms with Crippen LogP contribution in [-0.4, -0.2) is 55.6 Å². The van der Waals surface area contributed by atoms with Gasteiger partial charge in [0.25, 0.3) is 10.0 Å². The Hall–Kier alpha value is -3.47. The molecular formula is C44H66N4O5S. The number of nitrogens with zero attached hydrogens (tertiary/aromatic N) is 2. The minimum Gasteiger partial charge on any atom is -0.497 e. The highest BCUT2D eigenvalue weighted by Gasteiger charge is 2.42. The number of hydrogen-bond acceptors (Lipinski definition) is 8. The van der Waals surface area contributed by atoms with Crippen LogP contribution in [0.4, 0.5) is 5.69 Å². The molecule has 4 N–H and O–H groups in total. The summed E-state index contributed by atoms with van der Waals surface area (Å²) in [5, 5.41) is 12.1. The summed E-state index contributed by atoms with van der Waals surface area (Å²) >= 11 is 0. The normalized spacial score (nSPS) is 19.8. The smallest absolute Gasteiger partial charge is 0.264 e. The van der Waals surface area contributed by atoms with Gasteiger partial charge in [-0.1, -0.05) is 103 Å². The molecule has 6 rings (SSSR count). The van der Waals surface area contributed by atoms with Gasteiger partial charge in [-0.2, -0.15) is 0 Å². The predicted octanol–water partition coefficient (Wildman–Crippen LogP) is 9.51. The van der Waals surface area contributed by atoms with Gasteiger partial charge in [0.05, 0.1) is 23.6 Å². The number of amides is 1. The number of methoxy groups -OCH3 is 1. The molecule has 3 fully saturated rings. The molecule has 1 aromatic heterocycles. The van der Waals surface area contributed by atoms with Crippen LogP contribution in [0.5, 0.6) is 5.75 Å². The van der Waals surface area contributed by atoms with Crippen molar-refractivity contribution in [2.45, 2.75) is 140 Å². The molecule has 3 saturated heterocycles. The molecule has 0 aliphatic carbocycles. The highest BCUT2D eigenvalue weighted by Crippen LogP contribution is 2.42. The first kappa shape index (κ1) is 43.3. The summed E-state index contributed by atoms with van der Waals surface area (Å²) in [6.45, 7) is 8.33. The largest absolute Gasteiger partial charge is 0.497 e. The van der Waals surface area contributed by atoms with Gasteiger partial charge >= 0.3 is 0 Å². The summed E-state index contributed by atoms with van der Waals surface area (Å²) in [6.07, 6.45) is 24.8. The number of rotatable bonds is 22. The quantitative estimate of drug-likeness (QED) is 0.0524. The number of anilines is 1. The number of carbonyl (C=O) groups is 1. The second-order valence-corrected chi connectivity index (χ2v) is 17.0. The van der Waals surface area contributed by atoms with Crippen molar-refractivity contribution in [2.75, 3.05) is 25.9 Å². The molecule has 298 valence electrons. The molecule has 0 radical (unpaired) electrons. The highest BCUT2D eigenvalue weighted by molar-refractivity contribution is 7.90. The van der Waals surface area contributed by atoms with Crippen LogP contribution in [0.1, 0.15) is 134 Å². The van der Waals surface area contributed by atoms with E-state index in [4.69, 9.17) is 10.5 Å². The molecule has 3 aliphatic rings. The number of benzene rings is 2. The zero-order valence-electron chi connectivity index (χ0n) is 32.9. The Morgan fingerprint density at radius 2 is 1.57 bits per heavy atom. The summed E-state index contributed by atoms with van der Waals surface area (Å²) < 4.78 is 31.8. The first-order chi connectivity index (χ1) is 26.2. The van der Waals surface area contributed by atoms with E-state index in [1.165, 1.54) is 108 Å². The van der Waals surface area contributed by atoms with Gasteiger partial charge in [-0.05, 0) is 91.7 Å². The second kappa shape index (κ2) is 22.8. The predicted molar refractivity (Wildman–Crippen MR) is 221 cm³/mol. The number of pyridine rings is 1. The van der Waals surface area contributed by atoms with Gasteiger partial charge in [-0.25, -0.2) is 13.1 Å². The maximum atomic E-state index is 12.1. The SMILES string of the molecule is C=C[C@H]1C[N@]2CC[C@H]1C[C@@H]2[C@@H](O)c1ccnc2ccc(OC)cc12.CCCCCCCCCCCCCCCCCC(=O)NS(=O)(=O)c1ccc(N)cc1. The van der Waals surface area contributed by atoms with E-state index in [1.54, 1.807) is 13.3 Å². The van der Waals surface area contributed by atoms with Crippen molar-refractivity contribution in [2.24, 2.45) is 11.8 Å². The first-order valence-electron chi connectivity index (χ1n) is 20.5. The fraction of sp³-hybridized carbons (Fsp3) is 0.591. The van der Waals surface area contributed by atoms with E-state index in [9.17, 15) is 18.3 Å². The lowest BCUT2D eigenvalue weighted by atomic mass is 9.73. The van der Waals surface area contributed by atoms with Gasteiger partial charge in [0.2, 0.25) is 5.91 Å². The van der Waals surface area contributed by atoms with Crippen LogP contribution in [0.15, 0.2) is 72.3 Å². The van der Waals surface area contributed by atoms with Crippen LogP contribution in [0.25, 0.3) is 10.9 Å². The van der Waals surface area contributed by atoms with Crippen molar-refractivity contribution in [3.05, 3.63) is 72.9 Å². The van der Waals surface area contributed by atoms with Crippen LogP contribution in [-0.2, 0) is 14.8 Å². The maximum Gasteiger partial charge on any atom is 0.264 e. The number of nitrogens with two attached hydrogens (primary N) is 1. The number of sulfonamides is 1. The lowest BCUT2D eigenvalue weighted by Crippen LogP contribution is -2.54. The van der Waals surface area contributed by atoms with Gasteiger partial charge in [0.1, 0.15) is 5.75 Å². The summed E-state index contributed by atoms with van der Waals surface area (Å²) in [5.41, 5.74) is 7.89. The molecule has 2 aromatic carbocycles. The molecule has 10 heteroatoms. The number of unbranched alkanes of at least 4 members (excludes halogenated alkanes) is 14. The summed E-state index contributed by atoms with van der Waals surface area (Å²) in [6, 6.07) is 13.8. The van der Waals surface area contributed by atoms with Crippen molar-refractivity contribution < 1.29 is 23.1 Å². The van der Waals surface area contributed by atoms with E-state index >= 15 is 0 Å². The standard InChI is InChI=1S/C24H42N2O3S.C20H24N2O2/c1-2-3-4-5-6-7-8-9-10-11-12-13-14-15-16-17-24(27)26-30(28,29)23-20-18-22(25)19-21-23;1-3-13-12-22-9-7-14(13)10-19(22)20(23)16-6-8-21-18-5-4-15(24-2)11-17(16)18/h18-21H,2-17,25H2,1H3,(H,26,27);3-6,8,11,13-14,19-20,23H,1,7,9-10,12H2,2H3/t;13-,14-,19+,20-/m.0/s1. The summed E-state index contributed by atoms with van der Waals surface area (Å²) in [5.74, 6) is 1.56. The molecule has 0 spiro atoms. The number of piperidine rings is 3. The topological polar surface area (TPSA) is 135 Å². The lowest BCUT2D eigenvalue weighted by molar-refractivity contribution is -0.119. The fourth-order valence-electron chi connectivity index (χ4n) is 8.01.